The molecule has 0 atom stereocenters. The van der Waals surface area contributed by atoms with E-state index in [1.165, 1.54) is 4.88 Å². The van der Waals surface area contributed by atoms with E-state index in [9.17, 15) is 0 Å². The number of aromatic nitrogens is 2. The molecular formula is C8H9N3S. The lowest BCUT2D eigenvalue weighted by molar-refractivity contribution is 0.949. The van der Waals surface area contributed by atoms with Crippen LogP contribution in [-0.4, -0.2) is 10.2 Å². The van der Waals surface area contributed by atoms with E-state index >= 15 is 0 Å². The molecule has 2 rings (SSSR count). The molecule has 3 nitrogen and oxygen atoms in total. The van der Waals surface area contributed by atoms with Gasteiger partial charge in [-0.2, -0.15) is 5.10 Å². The smallest absolute Gasteiger partial charge is 0.0577 e. The summed E-state index contributed by atoms with van der Waals surface area (Å²) in [6.45, 7) is 0.507. The Morgan fingerprint density at radius 2 is 2.50 bits per heavy atom. The van der Waals surface area contributed by atoms with Crippen molar-refractivity contribution < 1.29 is 0 Å². The van der Waals surface area contributed by atoms with Crippen molar-refractivity contribution in [2.45, 2.75) is 6.54 Å². The van der Waals surface area contributed by atoms with E-state index in [4.69, 9.17) is 5.73 Å². The zero-order valence-corrected chi connectivity index (χ0v) is 7.27. The number of thiophene rings is 1. The van der Waals surface area contributed by atoms with Crippen molar-refractivity contribution in [2.24, 2.45) is 5.73 Å². The van der Waals surface area contributed by atoms with E-state index in [0.29, 0.717) is 6.54 Å². The third-order valence-electron chi connectivity index (χ3n) is 1.71. The van der Waals surface area contributed by atoms with E-state index in [2.05, 4.69) is 16.3 Å². The summed E-state index contributed by atoms with van der Waals surface area (Å²) in [5, 5.41) is 8.87. The molecule has 0 aliphatic heterocycles. The van der Waals surface area contributed by atoms with E-state index < -0.39 is 0 Å². The quantitative estimate of drug-likeness (QED) is 0.735. The number of nitrogens with two attached hydrogens (primary N) is 1. The third-order valence-corrected chi connectivity index (χ3v) is 2.61. The summed E-state index contributed by atoms with van der Waals surface area (Å²) < 4.78 is 0. The van der Waals surface area contributed by atoms with Crippen LogP contribution < -0.4 is 5.73 Å². The Labute approximate surface area is 74.2 Å². The minimum Gasteiger partial charge on any atom is -0.325 e. The number of hydrogen-bond acceptors (Lipinski definition) is 3. The van der Waals surface area contributed by atoms with Gasteiger partial charge in [0.2, 0.25) is 0 Å². The van der Waals surface area contributed by atoms with Crippen molar-refractivity contribution in [1.29, 1.82) is 0 Å². The fraction of sp³-hybridized carbons (Fsp3) is 0.125. The topological polar surface area (TPSA) is 54.7 Å². The molecule has 4 heteroatoms. The molecular weight excluding hydrogens is 170 g/mol. The average molecular weight is 179 g/mol. The van der Waals surface area contributed by atoms with Gasteiger partial charge < -0.3 is 5.73 Å². The monoisotopic (exact) mass is 179 g/mol. The molecule has 0 unspecified atom stereocenters. The van der Waals surface area contributed by atoms with Crippen LogP contribution in [0.5, 0.6) is 0 Å². The maximum absolute atomic E-state index is 5.53. The molecule has 0 amide bonds. The second kappa shape index (κ2) is 3.08. The standard InChI is InChI=1S/C8H9N3S/c9-4-7-6(5-10-11-7)8-2-1-3-12-8/h1-3,5H,4,9H2,(H,10,11). The molecule has 0 aromatic carbocycles. The zero-order chi connectivity index (χ0) is 8.39. The highest BCUT2D eigenvalue weighted by Crippen LogP contribution is 2.25. The summed E-state index contributed by atoms with van der Waals surface area (Å²) in [6.07, 6.45) is 1.81. The van der Waals surface area contributed by atoms with Crippen LogP contribution in [0.2, 0.25) is 0 Å². The molecule has 0 aliphatic carbocycles. The van der Waals surface area contributed by atoms with Crippen LogP contribution >= 0.6 is 11.3 Å². The predicted octanol–water partition coefficient (Wildman–Crippen LogP) is 1.60. The fourth-order valence-electron chi connectivity index (χ4n) is 1.11. The van der Waals surface area contributed by atoms with Gasteiger partial charge in [0.25, 0.3) is 0 Å². The molecule has 2 aromatic rings. The first-order valence-electron chi connectivity index (χ1n) is 3.68. The maximum atomic E-state index is 5.53. The summed E-state index contributed by atoms with van der Waals surface area (Å²) in [7, 11) is 0. The Morgan fingerprint density at radius 1 is 1.58 bits per heavy atom. The Balaban J connectivity index is 2.46. The number of aromatic amines is 1. The average Bonchev–Trinajstić information content (AvgIpc) is 2.74. The van der Waals surface area contributed by atoms with Crippen LogP contribution in [0.1, 0.15) is 5.69 Å². The normalized spacial score (nSPS) is 10.4. The van der Waals surface area contributed by atoms with Gasteiger partial charge in [0.15, 0.2) is 0 Å². The van der Waals surface area contributed by atoms with Gasteiger partial charge >= 0.3 is 0 Å². The van der Waals surface area contributed by atoms with Crippen molar-refractivity contribution in [3.05, 3.63) is 29.4 Å². The Kier molecular flexibility index (Phi) is 1.93. The van der Waals surface area contributed by atoms with Gasteiger partial charge in [-0.25, -0.2) is 0 Å². The molecule has 0 saturated heterocycles. The molecule has 2 heterocycles. The fourth-order valence-corrected chi connectivity index (χ4v) is 1.88. The molecule has 0 bridgehead atoms. The molecule has 3 N–H and O–H groups in total. The van der Waals surface area contributed by atoms with Gasteiger partial charge in [0, 0.05) is 17.0 Å². The van der Waals surface area contributed by atoms with Crippen LogP contribution in [0.25, 0.3) is 10.4 Å². The number of hydrogen-bond donors (Lipinski definition) is 2. The van der Waals surface area contributed by atoms with Gasteiger partial charge in [-0.15, -0.1) is 11.3 Å². The van der Waals surface area contributed by atoms with Gasteiger partial charge in [0.1, 0.15) is 0 Å². The minimum absolute atomic E-state index is 0.507. The van der Waals surface area contributed by atoms with E-state index in [0.717, 1.165) is 11.3 Å². The minimum atomic E-state index is 0.507. The first-order chi connectivity index (χ1) is 5.92. The van der Waals surface area contributed by atoms with Crippen molar-refractivity contribution >= 4 is 11.3 Å². The lowest BCUT2D eigenvalue weighted by Crippen LogP contribution is -1.97. The lowest BCUT2D eigenvalue weighted by atomic mass is 10.2. The summed E-state index contributed by atoms with van der Waals surface area (Å²) in [6, 6.07) is 4.09. The van der Waals surface area contributed by atoms with Crippen LogP contribution in [0, 0.1) is 0 Å². The summed E-state index contributed by atoms with van der Waals surface area (Å²) in [4.78, 5) is 1.21. The molecule has 0 saturated carbocycles. The maximum Gasteiger partial charge on any atom is 0.0577 e. The highest BCUT2D eigenvalue weighted by Gasteiger charge is 2.05. The Bertz CT molecular complexity index is 350. The van der Waals surface area contributed by atoms with Gasteiger partial charge in [-0.05, 0) is 11.4 Å². The second-order valence-corrected chi connectivity index (χ2v) is 3.39. The van der Waals surface area contributed by atoms with E-state index in [1.54, 1.807) is 11.3 Å². The molecule has 0 spiro atoms. The number of H-pyrrole nitrogens is 1. The van der Waals surface area contributed by atoms with Crippen LogP contribution in [0.4, 0.5) is 0 Å². The highest BCUT2D eigenvalue weighted by atomic mass is 32.1. The van der Waals surface area contributed by atoms with Gasteiger partial charge in [-0.3, -0.25) is 5.10 Å². The van der Waals surface area contributed by atoms with Crippen molar-refractivity contribution in [3.63, 3.8) is 0 Å². The predicted molar refractivity (Wildman–Crippen MR) is 49.8 cm³/mol. The summed E-state index contributed by atoms with van der Waals surface area (Å²) >= 11 is 1.69. The van der Waals surface area contributed by atoms with Crippen molar-refractivity contribution in [3.8, 4) is 10.4 Å². The van der Waals surface area contributed by atoms with Crippen molar-refractivity contribution in [1.82, 2.24) is 10.2 Å². The molecule has 0 aliphatic rings. The molecule has 2 aromatic heterocycles. The lowest BCUT2D eigenvalue weighted by Gasteiger charge is -1.94. The molecule has 62 valence electrons. The van der Waals surface area contributed by atoms with Gasteiger partial charge in [0.05, 0.1) is 11.9 Å². The van der Waals surface area contributed by atoms with Crippen LogP contribution in [0.3, 0.4) is 0 Å². The van der Waals surface area contributed by atoms with E-state index in [1.807, 2.05) is 17.6 Å². The molecule has 0 fully saturated rings. The van der Waals surface area contributed by atoms with E-state index in [-0.39, 0.29) is 0 Å². The number of rotatable bonds is 2. The summed E-state index contributed by atoms with van der Waals surface area (Å²) in [5.41, 5.74) is 7.65. The Morgan fingerprint density at radius 3 is 3.17 bits per heavy atom. The second-order valence-electron chi connectivity index (χ2n) is 2.44. The first-order valence-corrected chi connectivity index (χ1v) is 4.56. The van der Waals surface area contributed by atoms with Gasteiger partial charge in [-0.1, -0.05) is 6.07 Å². The van der Waals surface area contributed by atoms with Crippen molar-refractivity contribution in [2.75, 3.05) is 0 Å². The third kappa shape index (κ3) is 1.15. The number of nitrogens with one attached hydrogen (secondary N) is 1. The Hall–Kier alpha value is -1.13. The molecule has 12 heavy (non-hydrogen) atoms. The van der Waals surface area contributed by atoms with Crippen LogP contribution in [-0.2, 0) is 6.54 Å². The SMILES string of the molecule is NCc1[nH]ncc1-c1cccs1. The van der Waals surface area contributed by atoms with Crippen LogP contribution in [0.15, 0.2) is 23.7 Å². The molecule has 0 radical (unpaired) electrons. The zero-order valence-electron chi connectivity index (χ0n) is 6.45. The first kappa shape index (κ1) is 7.52. The summed E-state index contributed by atoms with van der Waals surface area (Å²) in [5.74, 6) is 0. The highest BCUT2D eigenvalue weighted by molar-refractivity contribution is 7.13. The largest absolute Gasteiger partial charge is 0.325 e. The number of nitrogens with zero attached hydrogens (tertiary/aromatic N) is 1.